The summed E-state index contributed by atoms with van der Waals surface area (Å²) in [7, 11) is 0. The molecule has 5 heteroatoms. The first-order valence-electron chi connectivity index (χ1n) is 4.84. The fraction of sp³-hybridized carbons (Fsp3) is 0.500. The number of nitrogens with zero attached hydrogens (tertiary/aromatic N) is 1. The highest BCUT2D eigenvalue weighted by Gasteiger charge is 2.31. The molecule has 0 amide bonds. The van der Waals surface area contributed by atoms with Gasteiger partial charge in [0.1, 0.15) is 10.8 Å². The number of halogens is 1. The van der Waals surface area contributed by atoms with Crippen molar-refractivity contribution in [1.29, 1.82) is 0 Å². The van der Waals surface area contributed by atoms with Crippen LogP contribution in [0.25, 0.3) is 0 Å². The van der Waals surface area contributed by atoms with Gasteiger partial charge in [-0.05, 0) is 12.1 Å². The van der Waals surface area contributed by atoms with Crippen LogP contribution in [-0.4, -0.2) is 35.5 Å². The summed E-state index contributed by atoms with van der Waals surface area (Å²) in [5.41, 5.74) is 0.103. The molecule has 15 heavy (non-hydrogen) atoms. The largest absolute Gasteiger partial charge is 0.386 e. The second-order valence-electron chi connectivity index (χ2n) is 3.75. The van der Waals surface area contributed by atoms with Gasteiger partial charge in [-0.15, -0.1) is 0 Å². The summed E-state index contributed by atoms with van der Waals surface area (Å²) >= 11 is 5.74. The average Bonchev–Trinajstić information content (AvgIpc) is 2.63. The van der Waals surface area contributed by atoms with Gasteiger partial charge in [0.25, 0.3) is 0 Å². The highest BCUT2D eigenvalue weighted by molar-refractivity contribution is 6.29. The van der Waals surface area contributed by atoms with Gasteiger partial charge in [-0.3, -0.25) is 0 Å². The molecule has 1 atom stereocenters. The van der Waals surface area contributed by atoms with Crippen molar-refractivity contribution >= 4 is 17.3 Å². The zero-order valence-electron chi connectivity index (χ0n) is 8.24. The van der Waals surface area contributed by atoms with E-state index in [1.807, 2.05) is 6.07 Å². The van der Waals surface area contributed by atoms with Crippen molar-refractivity contribution in [3.8, 4) is 0 Å². The summed E-state index contributed by atoms with van der Waals surface area (Å²) in [6.07, 6.45) is 2.29. The van der Waals surface area contributed by atoms with Crippen molar-refractivity contribution in [3.05, 3.63) is 23.5 Å². The highest BCUT2D eigenvalue weighted by Crippen LogP contribution is 2.20. The average molecular weight is 229 g/mol. The van der Waals surface area contributed by atoms with Crippen LogP contribution in [0.2, 0.25) is 5.15 Å². The molecule has 4 nitrogen and oxygen atoms in total. The van der Waals surface area contributed by atoms with Crippen LogP contribution in [0.1, 0.15) is 6.42 Å². The fourth-order valence-electron chi connectivity index (χ4n) is 1.51. The van der Waals surface area contributed by atoms with Crippen molar-refractivity contribution in [2.75, 3.05) is 25.1 Å². The molecule has 2 rings (SSSR count). The molecule has 2 heterocycles. The second kappa shape index (κ2) is 4.35. The molecule has 0 radical (unpaired) electrons. The predicted octanol–water partition coefficient (Wildman–Crippen LogP) is 1.30. The predicted molar refractivity (Wildman–Crippen MR) is 58.1 cm³/mol. The number of rotatable bonds is 3. The van der Waals surface area contributed by atoms with Gasteiger partial charge in [-0.1, -0.05) is 11.6 Å². The van der Waals surface area contributed by atoms with Gasteiger partial charge in [0.2, 0.25) is 0 Å². The first kappa shape index (κ1) is 10.7. The van der Waals surface area contributed by atoms with E-state index in [-0.39, 0.29) is 0 Å². The van der Waals surface area contributed by atoms with Gasteiger partial charge in [-0.2, -0.15) is 0 Å². The Bertz CT molecular complexity index is 340. The number of nitrogens with one attached hydrogen (secondary N) is 1. The summed E-state index contributed by atoms with van der Waals surface area (Å²) < 4.78 is 5.14. The minimum atomic E-state index is -0.754. The molecule has 1 aromatic rings. The van der Waals surface area contributed by atoms with Gasteiger partial charge in [0, 0.05) is 31.5 Å². The van der Waals surface area contributed by atoms with E-state index < -0.39 is 5.60 Å². The number of hydrogen-bond acceptors (Lipinski definition) is 4. The Morgan fingerprint density at radius 1 is 1.67 bits per heavy atom. The molecular weight excluding hydrogens is 216 g/mol. The molecule has 1 unspecified atom stereocenters. The van der Waals surface area contributed by atoms with Gasteiger partial charge >= 0.3 is 0 Å². The third-order valence-electron chi connectivity index (χ3n) is 2.43. The molecule has 0 saturated carbocycles. The standard InChI is InChI=1S/C10H13ClN2O2/c11-9-5-8(1-3-12-9)13-6-10(14)2-4-15-7-10/h1,3,5,14H,2,4,6-7H2,(H,12,13). The summed E-state index contributed by atoms with van der Waals surface area (Å²) in [6, 6.07) is 3.53. The monoisotopic (exact) mass is 228 g/mol. The smallest absolute Gasteiger partial charge is 0.131 e. The van der Waals surface area contributed by atoms with Crippen molar-refractivity contribution in [1.82, 2.24) is 4.98 Å². The maximum Gasteiger partial charge on any atom is 0.131 e. The van der Waals surface area contributed by atoms with Crippen LogP contribution < -0.4 is 5.32 Å². The lowest BCUT2D eigenvalue weighted by Gasteiger charge is -2.21. The summed E-state index contributed by atoms with van der Waals surface area (Å²) in [5, 5.41) is 13.5. The third kappa shape index (κ3) is 2.81. The van der Waals surface area contributed by atoms with Gasteiger partial charge in [0.05, 0.1) is 6.61 Å². The van der Waals surface area contributed by atoms with Crippen LogP contribution >= 0.6 is 11.6 Å². The Morgan fingerprint density at radius 3 is 3.20 bits per heavy atom. The molecule has 0 aliphatic carbocycles. The minimum Gasteiger partial charge on any atom is -0.386 e. The quantitative estimate of drug-likeness (QED) is 0.766. The topological polar surface area (TPSA) is 54.4 Å². The van der Waals surface area contributed by atoms with Crippen molar-refractivity contribution < 1.29 is 9.84 Å². The Kier molecular flexibility index (Phi) is 3.09. The van der Waals surface area contributed by atoms with Crippen LogP contribution in [0.5, 0.6) is 0 Å². The molecule has 1 aliphatic rings. The van der Waals surface area contributed by atoms with Gasteiger partial charge < -0.3 is 15.2 Å². The molecule has 0 aromatic carbocycles. The van der Waals surface area contributed by atoms with Crippen LogP contribution in [0.3, 0.4) is 0 Å². The zero-order valence-corrected chi connectivity index (χ0v) is 9.00. The third-order valence-corrected chi connectivity index (χ3v) is 2.64. The number of aliphatic hydroxyl groups is 1. The first-order chi connectivity index (χ1) is 7.18. The molecule has 0 bridgehead atoms. The molecular formula is C10H13ClN2O2. The fourth-order valence-corrected chi connectivity index (χ4v) is 1.69. The van der Waals surface area contributed by atoms with E-state index in [0.717, 1.165) is 5.69 Å². The number of aromatic nitrogens is 1. The molecule has 0 spiro atoms. The molecule has 1 fully saturated rings. The van der Waals surface area contributed by atoms with Crippen LogP contribution in [0.15, 0.2) is 18.3 Å². The van der Waals surface area contributed by atoms with E-state index in [4.69, 9.17) is 16.3 Å². The Hall–Kier alpha value is -0.840. The Morgan fingerprint density at radius 2 is 2.53 bits per heavy atom. The van der Waals surface area contributed by atoms with E-state index >= 15 is 0 Å². The van der Waals surface area contributed by atoms with Crippen LogP contribution in [0, 0.1) is 0 Å². The molecule has 1 aromatic heterocycles. The van der Waals surface area contributed by atoms with Crippen LogP contribution in [-0.2, 0) is 4.74 Å². The summed E-state index contributed by atoms with van der Waals surface area (Å²) in [4.78, 5) is 3.88. The van der Waals surface area contributed by atoms with Crippen molar-refractivity contribution in [2.45, 2.75) is 12.0 Å². The van der Waals surface area contributed by atoms with Crippen LogP contribution in [0.4, 0.5) is 5.69 Å². The van der Waals surface area contributed by atoms with E-state index in [1.165, 1.54) is 0 Å². The maximum absolute atomic E-state index is 9.99. The normalized spacial score (nSPS) is 25.5. The molecule has 1 aliphatic heterocycles. The first-order valence-corrected chi connectivity index (χ1v) is 5.21. The summed E-state index contributed by atoms with van der Waals surface area (Å²) in [6.45, 7) is 1.47. The lowest BCUT2D eigenvalue weighted by atomic mass is 10.0. The molecule has 1 saturated heterocycles. The number of ether oxygens (including phenoxy) is 1. The molecule has 82 valence electrons. The lowest BCUT2D eigenvalue weighted by molar-refractivity contribution is 0.0382. The zero-order chi connectivity index (χ0) is 10.7. The number of hydrogen-bond donors (Lipinski definition) is 2. The number of anilines is 1. The highest BCUT2D eigenvalue weighted by atomic mass is 35.5. The van der Waals surface area contributed by atoms with Crippen molar-refractivity contribution in [3.63, 3.8) is 0 Å². The Labute approximate surface area is 93.2 Å². The van der Waals surface area contributed by atoms with Gasteiger partial charge in [0.15, 0.2) is 0 Å². The second-order valence-corrected chi connectivity index (χ2v) is 4.13. The van der Waals surface area contributed by atoms with E-state index in [9.17, 15) is 5.11 Å². The van der Waals surface area contributed by atoms with E-state index in [2.05, 4.69) is 10.3 Å². The van der Waals surface area contributed by atoms with E-state index in [1.54, 1.807) is 12.3 Å². The maximum atomic E-state index is 9.99. The van der Waals surface area contributed by atoms with E-state index in [0.29, 0.717) is 31.3 Å². The SMILES string of the molecule is OC1(CNc2ccnc(Cl)c2)CCOC1. The Balaban J connectivity index is 1.92. The van der Waals surface area contributed by atoms with Gasteiger partial charge in [-0.25, -0.2) is 4.98 Å². The van der Waals surface area contributed by atoms with Crippen molar-refractivity contribution in [2.24, 2.45) is 0 Å². The summed E-state index contributed by atoms with van der Waals surface area (Å²) in [5.74, 6) is 0. The lowest BCUT2D eigenvalue weighted by Crippen LogP contribution is -2.37. The minimum absolute atomic E-state index is 0.388. The molecule has 2 N–H and O–H groups in total. The number of pyridine rings is 1.